The lowest BCUT2D eigenvalue weighted by Crippen LogP contribution is -2.38. The summed E-state index contributed by atoms with van der Waals surface area (Å²) in [6, 6.07) is 6.39. The van der Waals surface area contributed by atoms with Crippen LogP contribution < -0.4 is 9.47 Å². The molecule has 0 saturated heterocycles. The van der Waals surface area contributed by atoms with E-state index in [1.165, 1.54) is 16.8 Å². The maximum absolute atomic E-state index is 5.49. The summed E-state index contributed by atoms with van der Waals surface area (Å²) in [5, 5.41) is 4.42. The van der Waals surface area contributed by atoms with Crippen molar-refractivity contribution in [1.29, 1.82) is 0 Å². The summed E-state index contributed by atoms with van der Waals surface area (Å²) in [4.78, 5) is 2.45. The first-order valence-electron chi connectivity index (χ1n) is 7.88. The Morgan fingerprint density at radius 3 is 3.04 bits per heavy atom. The minimum Gasteiger partial charge on any atom is -0.454 e. The van der Waals surface area contributed by atoms with Gasteiger partial charge in [-0.15, -0.1) is 0 Å². The van der Waals surface area contributed by atoms with E-state index >= 15 is 0 Å². The van der Waals surface area contributed by atoms with E-state index in [2.05, 4.69) is 22.1 Å². The number of hydrogen-bond donors (Lipinski definition) is 0. The molecule has 23 heavy (non-hydrogen) atoms. The molecule has 1 aromatic carbocycles. The summed E-state index contributed by atoms with van der Waals surface area (Å²) in [5.41, 5.74) is 3.82. The van der Waals surface area contributed by atoms with Crippen molar-refractivity contribution < 1.29 is 14.2 Å². The molecule has 0 unspecified atom stereocenters. The zero-order chi connectivity index (χ0) is 15.8. The van der Waals surface area contributed by atoms with E-state index in [1.807, 2.05) is 24.0 Å². The first kappa shape index (κ1) is 14.5. The lowest BCUT2D eigenvalue weighted by Gasteiger charge is -2.35. The highest BCUT2D eigenvalue weighted by atomic mass is 16.7. The largest absolute Gasteiger partial charge is 0.454 e. The van der Waals surface area contributed by atoms with Crippen LogP contribution in [-0.4, -0.2) is 41.7 Å². The van der Waals surface area contributed by atoms with Crippen LogP contribution in [0.4, 0.5) is 0 Å². The summed E-state index contributed by atoms with van der Waals surface area (Å²) in [7, 11) is 3.76. The Labute approximate surface area is 135 Å². The number of methoxy groups -OCH3 is 1. The number of rotatable bonds is 4. The van der Waals surface area contributed by atoms with Crippen LogP contribution in [-0.2, 0) is 24.8 Å². The Balaban J connectivity index is 1.59. The second-order valence-corrected chi connectivity index (χ2v) is 6.06. The lowest BCUT2D eigenvalue weighted by molar-refractivity contribution is 0.0734. The van der Waals surface area contributed by atoms with E-state index in [0.717, 1.165) is 31.0 Å². The van der Waals surface area contributed by atoms with Gasteiger partial charge in [0.2, 0.25) is 6.79 Å². The summed E-state index contributed by atoms with van der Waals surface area (Å²) >= 11 is 0. The van der Waals surface area contributed by atoms with Crippen LogP contribution in [0.25, 0.3) is 0 Å². The van der Waals surface area contributed by atoms with Crippen LogP contribution in [0.1, 0.15) is 22.9 Å². The van der Waals surface area contributed by atoms with Crippen LogP contribution in [0, 0.1) is 0 Å². The molecule has 3 heterocycles. The standard InChI is InChI=1S/C17H21N3O3/c1-19-17-13(8-18-19)5-6-20(14(17)10-21-2)9-12-3-4-15-16(7-12)23-11-22-15/h3-4,7-8,14H,5-6,9-11H2,1-2H3/t14-/m0/s1. The molecular weight excluding hydrogens is 294 g/mol. The van der Waals surface area contributed by atoms with E-state index in [1.54, 1.807) is 7.11 Å². The Kier molecular flexibility index (Phi) is 3.71. The minimum absolute atomic E-state index is 0.224. The van der Waals surface area contributed by atoms with Crippen molar-refractivity contribution in [3.05, 3.63) is 41.2 Å². The van der Waals surface area contributed by atoms with Crippen LogP contribution in [0.5, 0.6) is 11.5 Å². The van der Waals surface area contributed by atoms with E-state index in [-0.39, 0.29) is 6.04 Å². The average molecular weight is 315 g/mol. The number of ether oxygens (including phenoxy) is 3. The van der Waals surface area contributed by atoms with E-state index < -0.39 is 0 Å². The second-order valence-electron chi connectivity index (χ2n) is 6.06. The highest BCUT2D eigenvalue weighted by molar-refractivity contribution is 5.44. The normalized spacial score (nSPS) is 19.8. The van der Waals surface area contributed by atoms with Crippen LogP contribution in [0.3, 0.4) is 0 Å². The molecule has 0 aliphatic carbocycles. The average Bonchev–Trinajstić information content (AvgIpc) is 3.16. The van der Waals surface area contributed by atoms with E-state index in [9.17, 15) is 0 Å². The van der Waals surface area contributed by atoms with Gasteiger partial charge in [-0.3, -0.25) is 9.58 Å². The quantitative estimate of drug-likeness (QED) is 0.862. The van der Waals surface area contributed by atoms with E-state index in [4.69, 9.17) is 14.2 Å². The molecule has 0 radical (unpaired) electrons. The van der Waals surface area contributed by atoms with Gasteiger partial charge in [0.25, 0.3) is 0 Å². The van der Waals surface area contributed by atoms with Gasteiger partial charge in [0.05, 0.1) is 24.5 Å². The van der Waals surface area contributed by atoms with Crippen LogP contribution in [0.15, 0.2) is 24.4 Å². The number of aromatic nitrogens is 2. The van der Waals surface area contributed by atoms with Gasteiger partial charge < -0.3 is 14.2 Å². The van der Waals surface area contributed by atoms with Crippen molar-refractivity contribution >= 4 is 0 Å². The minimum atomic E-state index is 0.224. The fourth-order valence-corrected chi connectivity index (χ4v) is 3.51. The summed E-state index contributed by atoms with van der Waals surface area (Å²) in [6.45, 7) is 2.83. The first-order chi connectivity index (χ1) is 11.3. The second kappa shape index (κ2) is 5.86. The zero-order valence-electron chi connectivity index (χ0n) is 13.5. The van der Waals surface area contributed by atoms with Gasteiger partial charge in [-0.1, -0.05) is 6.07 Å². The molecule has 4 rings (SSSR count). The Morgan fingerprint density at radius 2 is 2.17 bits per heavy atom. The first-order valence-corrected chi connectivity index (χ1v) is 7.88. The number of benzene rings is 1. The molecule has 0 spiro atoms. The highest BCUT2D eigenvalue weighted by Crippen LogP contribution is 2.35. The molecule has 2 aliphatic heterocycles. The van der Waals surface area contributed by atoms with Crippen LogP contribution >= 0.6 is 0 Å². The zero-order valence-corrected chi connectivity index (χ0v) is 13.5. The van der Waals surface area contributed by atoms with Gasteiger partial charge in [0, 0.05) is 27.2 Å². The van der Waals surface area contributed by atoms with Gasteiger partial charge >= 0.3 is 0 Å². The predicted octanol–water partition coefficient (Wildman–Crippen LogP) is 1.89. The van der Waals surface area contributed by atoms with Gasteiger partial charge in [0.1, 0.15) is 0 Å². The smallest absolute Gasteiger partial charge is 0.231 e. The van der Waals surface area contributed by atoms with Crippen LogP contribution in [0.2, 0.25) is 0 Å². The molecule has 2 aromatic rings. The Bertz CT molecular complexity index is 713. The molecule has 0 saturated carbocycles. The molecular formula is C17H21N3O3. The van der Waals surface area contributed by atoms with E-state index in [0.29, 0.717) is 13.4 Å². The van der Waals surface area contributed by atoms with Crippen molar-refractivity contribution in [2.24, 2.45) is 7.05 Å². The van der Waals surface area contributed by atoms with Crippen molar-refractivity contribution in [2.75, 3.05) is 27.1 Å². The molecule has 1 atom stereocenters. The monoisotopic (exact) mass is 315 g/mol. The third-order valence-electron chi connectivity index (χ3n) is 4.64. The summed E-state index contributed by atoms with van der Waals surface area (Å²) < 4.78 is 18.3. The van der Waals surface area contributed by atoms with Gasteiger partial charge in [0.15, 0.2) is 11.5 Å². The van der Waals surface area contributed by atoms with Crippen molar-refractivity contribution in [1.82, 2.24) is 14.7 Å². The Morgan fingerprint density at radius 1 is 1.30 bits per heavy atom. The van der Waals surface area contributed by atoms with Gasteiger partial charge in [-0.25, -0.2) is 0 Å². The molecule has 0 bridgehead atoms. The third kappa shape index (κ3) is 2.58. The molecule has 122 valence electrons. The van der Waals surface area contributed by atoms with Crippen molar-refractivity contribution in [3.8, 4) is 11.5 Å². The number of fused-ring (bicyclic) bond motifs is 2. The predicted molar refractivity (Wildman–Crippen MR) is 84.5 cm³/mol. The van der Waals surface area contributed by atoms with Gasteiger partial charge in [-0.2, -0.15) is 5.10 Å². The third-order valence-corrected chi connectivity index (χ3v) is 4.64. The molecule has 0 amide bonds. The SMILES string of the molecule is COC[C@H]1c2c(cnn2C)CCN1Cc1ccc2c(c1)OCO2. The molecule has 6 heteroatoms. The topological polar surface area (TPSA) is 48.8 Å². The summed E-state index contributed by atoms with van der Waals surface area (Å²) in [6.07, 6.45) is 3.00. The van der Waals surface area contributed by atoms with Crippen molar-refractivity contribution in [3.63, 3.8) is 0 Å². The molecule has 1 aromatic heterocycles. The van der Waals surface area contributed by atoms with Gasteiger partial charge in [-0.05, 0) is 29.7 Å². The number of aryl methyl sites for hydroxylation is 1. The fourth-order valence-electron chi connectivity index (χ4n) is 3.51. The maximum Gasteiger partial charge on any atom is 0.231 e. The molecule has 0 N–H and O–H groups in total. The summed E-state index contributed by atoms with van der Waals surface area (Å²) in [5.74, 6) is 1.67. The maximum atomic E-state index is 5.49. The molecule has 0 fully saturated rings. The molecule has 6 nitrogen and oxygen atoms in total. The Hall–Kier alpha value is -2.05. The van der Waals surface area contributed by atoms with Crippen molar-refractivity contribution in [2.45, 2.75) is 19.0 Å². The molecule has 2 aliphatic rings. The highest BCUT2D eigenvalue weighted by Gasteiger charge is 2.30. The fraction of sp³-hybridized carbons (Fsp3) is 0.471. The lowest BCUT2D eigenvalue weighted by atomic mass is 9.99. The number of hydrogen-bond acceptors (Lipinski definition) is 5. The number of nitrogens with zero attached hydrogens (tertiary/aromatic N) is 3.